The van der Waals surface area contributed by atoms with Crippen LogP contribution in [0, 0.1) is 23.3 Å². The van der Waals surface area contributed by atoms with Crippen LogP contribution in [0.5, 0.6) is 0 Å². The maximum absolute atomic E-state index is 14.3. The van der Waals surface area contributed by atoms with E-state index in [2.05, 4.69) is 0 Å². The predicted molar refractivity (Wildman–Crippen MR) is 90.3 cm³/mol. The number of pyridine rings is 1. The fourth-order valence-corrected chi connectivity index (χ4v) is 2.90. The van der Waals surface area contributed by atoms with Crippen LogP contribution < -0.4 is 5.43 Å². The Hall–Kier alpha value is -2.87. The summed E-state index contributed by atoms with van der Waals surface area (Å²) in [6, 6.07) is 3.03. The number of halogens is 5. The first kappa shape index (κ1) is 18.9. The van der Waals surface area contributed by atoms with Gasteiger partial charge in [0.2, 0.25) is 5.43 Å². The number of nitrogens with zero attached hydrogens (tertiary/aromatic N) is 1. The van der Waals surface area contributed by atoms with Gasteiger partial charge in [-0.1, -0.05) is 11.6 Å². The summed E-state index contributed by atoms with van der Waals surface area (Å²) in [6.45, 7) is 1.45. The maximum Gasteiger partial charge on any atom is 0.343 e. The van der Waals surface area contributed by atoms with Crippen LogP contribution in [0.3, 0.4) is 0 Å². The lowest BCUT2D eigenvalue weighted by Gasteiger charge is -2.15. The Morgan fingerprint density at radius 1 is 1.15 bits per heavy atom. The van der Waals surface area contributed by atoms with E-state index in [9.17, 15) is 27.2 Å². The molecule has 3 aromatic rings. The molecule has 4 nitrogen and oxygen atoms in total. The third-order valence-electron chi connectivity index (χ3n) is 3.79. The molecule has 140 valence electrons. The van der Waals surface area contributed by atoms with E-state index < -0.39 is 50.6 Å². The molecule has 0 spiro atoms. The quantitative estimate of drug-likeness (QED) is 0.373. The van der Waals surface area contributed by atoms with Crippen LogP contribution in [0.1, 0.15) is 17.3 Å². The highest BCUT2D eigenvalue weighted by Crippen LogP contribution is 2.30. The van der Waals surface area contributed by atoms with Crippen LogP contribution in [-0.4, -0.2) is 17.1 Å². The molecule has 27 heavy (non-hydrogen) atoms. The summed E-state index contributed by atoms with van der Waals surface area (Å²) in [5.74, 6) is -5.87. The van der Waals surface area contributed by atoms with Gasteiger partial charge < -0.3 is 9.30 Å². The Morgan fingerprint density at radius 2 is 1.85 bits per heavy atom. The molecular formula is C18H10ClF4NO3. The van der Waals surface area contributed by atoms with Crippen LogP contribution in [0.25, 0.3) is 16.6 Å². The number of fused-ring (bicyclic) bond motifs is 1. The molecule has 2 aromatic carbocycles. The van der Waals surface area contributed by atoms with Crippen molar-refractivity contribution in [3.63, 3.8) is 0 Å². The van der Waals surface area contributed by atoms with Crippen LogP contribution in [0.2, 0.25) is 5.02 Å². The van der Waals surface area contributed by atoms with Crippen molar-refractivity contribution >= 4 is 28.5 Å². The number of carbonyl (C=O) groups is 1. The average molecular weight is 400 g/mol. The molecule has 0 aliphatic carbocycles. The number of benzene rings is 2. The Labute approximate surface area is 154 Å². The monoisotopic (exact) mass is 399 g/mol. The number of hydrogen-bond donors (Lipinski definition) is 0. The number of carbonyl (C=O) groups excluding carboxylic acids is 1. The van der Waals surface area contributed by atoms with Gasteiger partial charge in [0.25, 0.3) is 0 Å². The van der Waals surface area contributed by atoms with E-state index in [1.165, 1.54) is 6.92 Å². The van der Waals surface area contributed by atoms with Gasteiger partial charge in [-0.3, -0.25) is 4.79 Å². The van der Waals surface area contributed by atoms with Crippen molar-refractivity contribution < 1.29 is 27.1 Å². The van der Waals surface area contributed by atoms with Gasteiger partial charge in [-0.15, -0.1) is 0 Å². The number of hydrogen-bond acceptors (Lipinski definition) is 3. The highest BCUT2D eigenvalue weighted by atomic mass is 35.5. The zero-order chi connectivity index (χ0) is 19.9. The second kappa shape index (κ2) is 7.03. The van der Waals surface area contributed by atoms with E-state index >= 15 is 0 Å². The molecule has 0 amide bonds. The summed E-state index contributed by atoms with van der Waals surface area (Å²) in [7, 11) is 0. The molecule has 0 atom stereocenters. The van der Waals surface area contributed by atoms with Crippen molar-refractivity contribution in [1.29, 1.82) is 0 Å². The molecule has 0 N–H and O–H groups in total. The molecule has 3 rings (SSSR count). The van der Waals surface area contributed by atoms with Crippen molar-refractivity contribution in [2.24, 2.45) is 0 Å². The van der Waals surface area contributed by atoms with E-state index in [0.717, 1.165) is 22.9 Å². The van der Waals surface area contributed by atoms with Gasteiger partial charge in [-0.05, 0) is 25.1 Å². The number of rotatable bonds is 3. The highest BCUT2D eigenvalue weighted by molar-refractivity contribution is 6.35. The summed E-state index contributed by atoms with van der Waals surface area (Å²) >= 11 is 5.85. The smallest absolute Gasteiger partial charge is 0.343 e. The predicted octanol–water partition coefficient (Wildman–Crippen LogP) is 4.38. The summed E-state index contributed by atoms with van der Waals surface area (Å²) < 4.78 is 60.9. The molecule has 0 fully saturated rings. The van der Waals surface area contributed by atoms with Gasteiger partial charge in [0.15, 0.2) is 11.6 Å². The van der Waals surface area contributed by atoms with Crippen molar-refractivity contribution in [2.45, 2.75) is 6.92 Å². The van der Waals surface area contributed by atoms with Gasteiger partial charge in [0.05, 0.1) is 23.2 Å². The summed E-state index contributed by atoms with van der Waals surface area (Å²) in [5, 5.41) is -1.26. The van der Waals surface area contributed by atoms with Crippen LogP contribution in [-0.2, 0) is 4.74 Å². The van der Waals surface area contributed by atoms with Crippen molar-refractivity contribution in [3.05, 3.63) is 74.5 Å². The van der Waals surface area contributed by atoms with E-state index in [0.29, 0.717) is 12.1 Å². The molecule has 0 radical (unpaired) electrons. The van der Waals surface area contributed by atoms with Crippen LogP contribution in [0.15, 0.2) is 35.3 Å². The van der Waals surface area contributed by atoms with Crippen molar-refractivity contribution in [1.82, 2.24) is 4.57 Å². The second-order valence-electron chi connectivity index (χ2n) is 5.44. The fraction of sp³-hybridized carbons (Fsp3) is 0.111. The molecular weight excluding hydrogens is 390 g/mol. The van der Waals surface area contributed by atoms with Gasteiger partial charge in [-0.25, -0.2) is 22.4 Å². The number of esters is 1. The zero-order valence-electron chi connectivity index (χ0n) is 13.7. The van der Waals surface area contributed by atoms with Gasteiger partial charge >= 0.3 is 5.97 Å². The van der Waals surface area contributed by atoms with Crippen LogP contribution in [0.4, 0.5) is 17.6 Å². The minimum Gasteiger partial charge on any atom is -0.462 e. The lowest BCUT2D eigenvalue weighted by Crippen LogP contribution is -2.21. The molecule has 1 aromatic heterocycles. The normalized spacial score (nSPS) is 11.0. The molecule has 0 bridgehead atoms. The van der Waals surface area contributed by atoms with Crippen molar-refractivity contribution in [2.75, 3.05) is 6.61 Å². The van der Waals surface area contributed by atoms with Crippen molar-refractivity contribution in [3.8, 4) is 5.69 Å². The first-order chi connectivity index (χ1) is 12.8. The first-order valence-electron chi connectivity index (χ1n) is 7.61. The highest BCUT2D eigenvalue weighted by Gasteiger charge is 2.23. The molecule has 1 heterocycles. The fourth-order valence-electron chi connectivity index (χ4n) is 2.61. The van der Waals surface area contributed by atoms with E-state index in [-0.39, 0.29) is 17.8 Å². The maximum atomic E-state index is 14.3. The van der Waals surface area contributed by atoms with Gasteiger partial charge in [-0.2, -0.15) is 0 Å². The molecule has 9 heteroatoms. The minimum absolute atomic E-state index is 0.0558. The zero-order valence-corrected chi connectivity index (χ0v) is 14.4. The summed E-state index contributed by atoms with van der Waals surface area (Å²) in [4.78, 5) is 24.6. The molecule has 0 unspecified atom stereocenters. The van der Waals surface area contributed by atoms with E-state index in [1.807, 2.05) is 0 Å². The molecule has 0 saturated carbocycles. The lowest BCUT2D eigenvalue weighted by atomic mass is 10.1. The Balaban J connectivity index is 2.50. The van der Waals surface area contributed by atoms with E-state index in [4.69, 9.17) is 16.3 Å². The topological polar surface area (TPSA) is 48.3 Å². The summed E-state index contributed by atoms with van der Waals surface area (Å²) in [5.41, 5.74) is -2.22. The third kappa shape index (κ3) is 3.16. The Morgan fingerprint density at radius 3 is 2.48 bits per heavy atom. The standard InChI is InChI=1S/C18H10ClF4NO3/c1-2-27-18(26)10-7-24(13-4-3-8(20)5-11(13)21)16-9(17(10)25)6-12(22)15(23)14(16)19/h3-7H,2H2,1H3. The minimum atomic E-state index is -1.45. The largest absolute Gasteiger partial charge is 0.462 e. The third-order valence-corrected chi connectivity index (χ3v) is 4.13. The number of ether oxygens (including phenoxy) is 1. The van der Waals surface area contributed by atoms with Crippen LogP contribution >= 0.6 is 11.6 Å². The molecule has 0 aliphatic heterocycles. The van der Waals surface area contributed by atoms with Gasteiger partial charge in [0.1, 0.15) is 22.2 Å². The second-order valence-corrected chi connectivity index (χ2v) is 5.82. The first-order valence-corrected chi connectivity index (χ1v) is 7.99. The summed E-state index contributed by atoms with van der Waals surface area (Å²) in [6.07, 6.45) is 0.891. The molecule has 0 aliphatic rings. The number of aromatic nitrogens is 1. The van der Waals surface area contributed by atoms with Gasteiger partial charge in [0, 0.05) is 12.3 Å². The SMILES string of the molecule is CCOC(=O)c1cn(-c2ccc(F)cc2F)c2c(Cl)c(F)c(F)cc2c1=O. The lowest BCUT2D eigenvalue weighted by molar-refractivity contribution is 0.0524. The average Bonchev–Trinajstić information content (AvgIpc) is 2.61. The van der Waals surface area contributed by atoms with E-state index in [1.54, 1.807) is 0 Å². The Kier molecular flexibility index (Phi) is 4.93. The Bertz CT molecular complexity index is 1140. The molecule has 0 saturated heterocycles.